The lowest BCUT2D eigenvalue weighted by Crippen LogP contribution is -2.43. The van der Waals surface area contributed by atoms with Crippen molar-refractivity contribution in [2.24, 2.45) is 0 Å². The molecule has 2 rings (SSSR count). The van der Waals surface area contributed by atoms with E-state index in [1.54, 1.807) is 0 Å². The molecule has 1 aliphatic carbocycles. The van der Waals surface area contributed by atoms with Crippen LogP contribution in [0.1, 0.15) is 50.4 Å². The highest BCUT2D eigenvalue weighted by Gasteiger charge is 2.25. The Balaban J connectivity index is 1.90. The first-order valence-corrected chi connectivity index (χ1v) is 8.48. The van der Waals surface area contributed by atoms with Gasteiger partial charge in [-0.2, -0.15) is 5.10 Å². The van der Waals surface area contributed by atoms with Gasteiger partial charge < -0.3 is 10.1 Å². The van der Waals surface area contributed by atoms with E-state index in [1.165, 1.54) is 31.9 Å². The summed E-state index contributed by atoms with van der Waals surface area (Å²) in [4.78, 5) is 34.6. The molecule has 1 atom stereocenters. The summed E-state index contributed by atoms with van der Waals surface area (Å²) in [5.41, 5.74) is 0.396. The van der Waals surface area contributed by atoms with Crippen molar-refractivity contribution < 1.29 is 19.2 Å². The molecule has 0 aliphatic heterocycles. The molecule has 1 aromatic rings. The normalized spacial score (nSPS) is 16.3. The molecule has 1 fully saturated rings. The van der Waals surface area contributed by atoms with E-state index in [-0.39, 0.29) is 35.6 Å². The number of esters is 1. The maximum absolute atomic E-state index is 12.1. The minimum Gasteiger partial charge on any atom is -0.451 e. The number of ether oxygens (including phenoxy) is 1. The topological polar surface area (TPSA) is 116 Å². The Labute approximate surface area is 145 Å². The molecule has 1 unspecified atom stereocenters. The molecule has 9 nitrogen and oxygen atoms in total. The van der Waals surface area contributed by atoms with Crippen molar-refractivity contribution in [1.82, 2.24) is 15.1 Å². The predicted octanol–water partition coefficient (Wildman–Crippen LogP) is 1.79. The molecule has 1 heterocycles. The number of hydrogen-bond acceptors (Lipinski definition) is 6. The summed E-state index contributed by atoms with van der Waals surface area (Å²) in [6, 6.07) is 0.140. The molecule has 1 aliphatic rings. The number of aryl methyl sites for hydroxylation is 1. The molecule has 138 valence electrons. The third-order valence-electron chi connectivity index (χ3n) is 4.43. The van der Waals surface area contributed by atoms with E-state index in [2.05, 4.69) is 10.4 Å². The Morgan fingerprint density at radius 2 is 2.00 bits per heavy atom. The first kappa shape index (κ1) is 18.9. The van der Waals surface area contributed by atoms with Gasteiger partial charge in [-0.3, -0.25) is 24.4 Å². The van der Waals surface area contributed by atoms with Crippen LogP contribution in [0.25, 0.3) is 0 Å². The van der Waals surface area contributed by atoms with Gasteiger partial charge in [-0.1, -0.05) is 19.3 Å². The number of aromatic nitrogens is 2. The van der Waals surface area contributed by atoms with E-state index in [0.717, 1.165) is 25.7 Å². The van der Waals surface area contributed by atoms with Crippen LogP contribution in [-0.4, -0.2) is 38.7 Å². The number of amides is 1. The molecular weight excluding hydrogens is 328 g/mol. The van der Waals surface area contributed by atoms with Crippen LogP contribution < -0.4 is 5.32 Å². The number of nitrogens with one attached hydrogen (secondary N) is 1. The van der Waals surface area contributed by atoms with E-state index in [0.29, 0.717) is 0 Å². The van der Waals surface area contributed by atoms with Gasteiger partial charge in [0, 0.05) is 6.04 Å². The number of rotatable bonds is 6. The van der Waals surface area contributed by atoms with Crippen molar-refractivity contribution in [3.05, 3.63) is 21.5 Å². The van der Waals surface area contributed by atoms with Gasteiger partial charge in [0.1, 0.15) is 17.9 Å². The summed E-state index contributed by atoms with van der Waals surface area (Å²) in [6.45, 7) is 4.26. The van der Waals surface area contributed by atoms with Gasteiger partial charge >= 0.3 is 11.7 Å². The van der Waals surface area contributed by atoms with Crippen LogP contribution in [0.5, 0.6) is 0 Å². The summed E-state index contributed by atoms with van der Waals surface area (Å²) in [6.07, 6.45) is 4.35. The predicted molar refractivity (Wildman–Crippen MR) is 88.9 cm³/mol. The van der Waals surface area contributed by atoms with Gasteiger partial charge in [0.2, 0.25) is 0 Å². The maximum atomic E-state index is 12.1. The number of nitro groups is 1. The average molecular weight is 352 g/mol. The fraction of sp³-hybridized carbons (Fsp3) is 0.688. The number of carbonyl (C=O) groups is 2. The van der Waals surface area contributed by atoms with Gasteiger partial charge in [0.15, 0.2) is 6.10 Å². The van der Waals surface area contributed by atoms with Crippen LogP contribution in [0.15, 0.2) is 0 Å². The number of hydrogen-bond donors (Lipinski definition) is 1. The number of carbonyl (C=O) groups excluding carboxylic acids is 2. The maximum Gasteiger partial charge on any atom is 0.328 e. The Morgan fingerprint density at radius 3 is 2.56 bits per heavy atom. The average Bonchev–Trinajstić information content (AvgIpc) is 2.82. The molecule has 1 amide bonds. The van der Waals surface area contributed by atoms with Gasteiger partial charge in [-0.05, 0) is 33.6 Å². The Bertz CT molecular complexity index is 664. The van der Waals surface area contributed by atoms with Crippen molar-refractivity contribution in [2.75, 3.05) is 0 Å². The third kappa shape index (κ3) is 4.77. The van der Waals surface area contributed by atoms with Crippen molar-refractivity contribution in [3.63, 3.8) is 0 Å². The Kier molecular flexibility index (Phi) is 6.11. The van der Waals surface area contributed by atoms with E-state index in [9.17, 15) is 19.7 Å². The van der Waals surface area contributed by atoms with Crippen molar-refractivity contribution >= 4 is 17.6 Å². The minimum atomic E-state index is -0.915. The Morgan fingerprint density at radius 1 is 1.36 bits per heavy atom. The molecule has 1 aromatic heterocycles. The van der Waals surface area contributed by atoms with E-state index in [4.69, 9.17) is 4.74 Å². The van der Waals surface area contributed by atoms with Crippen LogP contribution >= 0.6 is 0 Å². The molecule has 1 saturated carbocycles. The van der Waals surface area contributed by atoms with Crippen LogP contribution in [0.4, 0.5) is 5.69 Å². The smallest absolute Gasteiger partial charge is 0.328 e. The van der Waals surface area contributed by atoms with E-state index >= 15 is 0 Å². The highest BCUT2D eigenvalue weighted by Crippen LogP contribution is 2.21. The Hall–Kier alpha value is -2.45. The second-order valence-electron chi connectivity index (χ2n) is 6.41. The summed E-state index contributed by atoms with van der Waals surface area (Å²) in [7, 11) is 0. The van der Waals surface area contributed by atoms with E-state index < -0.39 is 17.0 Å². The second-order valence-corrected chi connectivity index (χ2v) is 6.41. The lowest BCUT2D eigenvalue weighted by molar-refractivity contribution is -0.386. The van der Waals surface area contributed by atoms with Crippen molar-refractivity contribution in [3.8, 4) is 0 Å². The molecule has 0 bridgehead atoms. The van der Waals surface area contributed by atoms with Gasteiger partial charge in [-0.25, -0.2) is 0 Å². The van der Waals surface area contributed by atoms with E-state index in [1.807, 2.05) is 0 Å². The molecule has 25 heavy (non-hydrogen) atoms. The highest BCUT2D eigenvalue weighted by molar-refractivity contribution is 5.83. The first-order valence-electron chi connectivity index (χ1n) is 8.48. The van der Waals surface area contributed by atoms with Gasteiger partial charge in [0.05, 0.1) is 4.92 Å². The van der Waals surface area contributed by atoms with Crippen LogP contribution in [-0.2, 0) is 20.9 Å². The zero-order valence-electron chi connectivity index (χ0n) is 14.8. The molecular formula is C16H24N4O5. The lowest BCUT2D eigenvalue weighted by Gasteiger charge is -2.24. The quantitative estimate of drug-likeness (QED) is 0.474. The highest BCUT2D eigenvalue weighted by atomic mass is 16.6. The molecule has 0 aromatic carbocycles. The third-order valence-corrected chi connectivity index (χ3v) is 4.43. The minimum absolute atomic E-state index is 0.115. The molecule has 0 spiro atoms. The first-order chi connectivity index (χ1) is 11.8. The summed E-state index contributed by atoms with van der Waals surface area (Å²) in [5.74, 6) is -0.980. The zero-order valence-corrected chi connectivity index (χ0v) is 14.8. The molecule has 0 radical (unpaired) electrons. The fourth-order valence-electron chi connectivity index (χ4n) is 3.08. The molecule has 9 heteroatoms. The van der Waals surface area contributed by atoms with Crippen LogP contribution in [0.2, 0.25) is 0 Å². The molecule has 0 saturated heterocycles. The SMILES string of the molecule is Cc1nn(CC(=O)OC(C)C(=O)NC2CCCCC2)c(C)c1[N+](=O)[O-]. The van der Waals surface area contributed by atoms with Crippen molar-refractivity contribution in [1.29, 1.82) is 0 Å². The summed E-state index contributed by atoms with van der Waals surface area (Å²) >= 11 is 0. The zero-order chi connectivity index (χ0) is 18.6. The summed E-state index contributed by atoms with van der Waals surface area (Å²) < 4.78 is 6.36. The van der Waals surface area contributed by atoms with Crippen LogP contribution in [0, 0.1) is 24.0 Å². The van der Waals surface area contributed by atoms with Crippen molar-refractivity contribution in [2.45, 2.75) is 71.6 Å². The molecule has 1 N–H and O–H groups in total. The van der Waals surface area contributed by atoms with Gasteiger partial charge in [0.25, 0.3) is 5.91 Å². The standard InChI is InChI=1S/C16H24N4O5/c1-10-15(20(23)24)11(2)19(18-10)9-14(21)25-12(3)16(22)17-13-7-5-4-6-8-13/h12-13H,4-9H2,1-3H3,(H,17,22). The largest absolute Gasteiger partial charge is 0.451 e. The second kappa shape index (κ2) is 8.09. The van der Waals surface area contributed by atoms with Crippen LogP contribution in [0.3, 0.4) is 0 Å². The number of nitrogens with zero attached hydrogens (tertiary/aromatic N) is 3. The summed E-state index contributed by atoms with van der Waals surface area (Å²) in [5, 5.41) is 17.9. The monoisotopic (exact) mass is 352 g/mol. The fourth-order valence-corrected chi connectivity index (χ4v) is 3.08. The van der Waals surface area contributed by atoms with Gasteiger partial charge in [-0.15, -0.1) is 0 Å². The lowest BCUT2D eigenvalue weighted by atomic mass is 9.95.